The largest absolute Gasteiger partial charge is 0.495 e. The number of rotatable bonds is 8. The average molecular weight is 436 g/mol. The Morgan fingerprint density at radius 2 is 1.90 bits per heavy atom. The molecule has 1 N–H and O–H groups in total. The van der Waals surface area contributed by atoms with Gasteiger partial charge in [-0.1, -0.05) is 24.6 Å². The van der Waals surface area contributed by atoms with Crippen molar-refractivity contribution in [3.05, 3.63) is 57.6 Å². The van der Waals surface area contributed by atoms with Crippen molar-refractivity contribution in [2.75, 3.05) is 23.0 Å². The molecule has 0 bridgehead atoms. The number of hydrogen-bond acceptors (Lipinski definition) is 6. The molecule has 2 aromatic rings. The van der Waals surface area contributed by atoms with Crippen molar-refractivity contribution in [2.24, 2.45) is 0 Å². The number of nitro benzene ring substituents is 1. The van der Waals surface area contributed by atoms with Crippen LogP contribution in [-0.2, 0) is 14.8 Å². The van der Waals surface area contributed by atoms with Crippen molar-refractivity contribution in [3.63, 3.8) is 0 Å². The molecule has 0 saturated carbocycles. The van der Waals surface area contributed by atoms with Gasteiger partial charge < -0.3 is 10.1 Å². The molecule has 0 aliphatic rings. The van der Waals surface area contributed by atoms with E-state index in [-0.39, 0.29) is 23.5 Å². The van der Waals surface area contributed by atoms with Crippen LogP contribution in [0.25, 0.3) is 0 Å². The SMILES string of the molecule is CCC(C(=O)Nc1ccc(C)cc1C)N(c1cc([N+](=O)[O-])ccc1OC)S(C)(=O)=O. The summed E-state index contributed by atoms with van der Waals surface area (Å²) in [5.41, 5.74) is 2.03. The molecule has 1 unspecified atom stereocenters. The smallest absolute Gasteiger partial charge is 0.271 e. The molecule has 0 fully saturated rings. The number of aryl methyl sites for hydroxylation is 2. The molecule has 2 rings (SSSR count). The molecule has 0 radical (unpaired) electrons. The molecule has 1 amide bonds. The molecule has 1 atom stereocenters. The first-order chi connectivity index (χ1) is 14.0. The van der Waals surface area contributed by atoms with Crippen molar-refractivity contribution in [2.45, 2.75) is 33.2 Å². The summed E-state index contributed by atoms with van der Waals surface area (Å²) >= 11 is 0. The van der Waals surface area contributed by atoms with E-state index in [9.17, 15) is 23.3 Å². The molecular weight excluding hydrogens is 410 g/mol. The first-order valence-corrected chi connectivity index (χ1v) is 11.0. The zero-order chi connectivity index (χ0) is 22.6. The van der Waals surface area contributed by atoms with E-state index in [2.05, 4.69) is 5.32 Å². The highest BCUT2D eigenvalue weighted by Crippen LogP contribution is 2.36. The van der Waals surface area contributed by atoms with E-state index in [0.29, 0.717) is 5.69 Å². The summed E-state index contributed by atoms with van der Waals surface area (Å²) in [6.07, 6.45) is 1.08. The van der Waals surface area contributed by atoms with Crippen molar-refractivity contribution in [3.8, 4) is 5.75 Å². The minimum absolute atomic E-state index is 0.0724. The fourth-order valence-corrected chi connectivity index (χ4v) is 4.38. The van der Waals surface area contributed by atoms with Crippen LogP contribution in [-0.4, -0.2) is 38.7 Å². The number of non-ortho nitro benzene ring substituents is 1. The fraction of sp³-hybridized carbons (Fsp3) is 0.350. The summed E-state index contributed by atoms with van der Waals surface area (Å²) in [6.45, 7) is 5.42. The van der Waals surface area contributed by atoms with Crippen LogP contribution in [0.1, 0.15) is 24.5 Å². The second-order valence-electron chi connectivity index (χ2n) is 6.90. The van der Waals surface area contributed by atoms with Crippen molar-refractivity contribution in [1.82, 2.24) is 0 Å². The molecule has 0 aliphatic heterocycles. The number of sulfonamides is 1. The quantitative estimate of drug-likeness (QED) is 0.501. The number of carbonyl (C=O) groups is 1. The highest BCUT2D eigenvalue weighted by molar-refractivity contribution is 7.92. The number of anilines is 2. The molecule has 0 aliphatic carbocycles. The van der Waals surface area contributed by atoms with Crippen LogP contribution in [0, 0.1) is 24.0 Å². The predicted octanol–water partition coefficient (Wildman–Crippen LogP) is 3.40. The highest BCUT2D eigenvalue weighted by atomic mass is 32.2. The Bertz CT molecular complexity index is 1070. The molecule has 10 heteroatoms. The van der Waals surface area contributed by atoms with Crippen LogP contribution in [0.3, 0.4) is 0 Å². The van der Waals surface area contributed by atoms with Gasteiger partial charge in [0, 0.05) is 17.8 Å². The van der Waals surface area contributed by atoms with Crippen molar-refractivity contribution in [1.29, 1.82) is 0 Å². The summed E-state index contributed by atoms with van der Waals surface area (Å²) in [5, 5.41) is 14.0. The summed E-state index contributed by atoms with van der Waals surface area (Å²) < 4.78 is 31.4. The Hall–Kier alpha value is -3.14. The maximum Gasteiger partial charge on any atom is 0.271 e. The van der Waals surface area contributed by atoms with Gasteiger partial charge in [0.2, 0.25) is 15.9 Å². The van der Waals surface area contributed by atoms with E-state index in [4.69, 9.17) is 4.74 Å². The zero-order valence-electron chi connectivity index (χ0n) is 17.5. The third-order valence-electron chi connectivity index (χ3n) is 4.58. The van der Waals surface area contributed by atoms with Gasteiger partial charge in [-0.15, -0.1) is 0 Å². The van der Waals surface area contributed by atoms with Crippen LogP contribution >= 0.6 is 0 Å². The molecule has 9 nitrogen and oxygen atoms in total. The standard InChI is InChI=1S/C20H25N3O6S/c1-6-17(20(24)21-16-9-7-13(2)11-14(16)3)22(30(5,27)28)18-12-15(23(25)26)8-10-19(18)29-4/h7-12,17H,6H2,1-5H3,(H,21,24). The van der Waals surface area contributed by atoms with Gasteiger partial charge in [-0.25, -0.2) is 8.42 Å². The maximum atomic E-state index is 13.1. The zero-order valence-corrected chi connectivity index (χ0v) is 18.3. The molecule has 0 heterocycles. The lowest BCUT2D eigenvalue weighted by molar-refractivity contribution is -0.384. The average Bonchev–Trinajstić information content (AvgIpc) is 2.66. The molecule has 30 heavy (non-hydrogen) atoms. The molecule has 2 aromatic carbocycles. The summed E-state index contributed by atoms with van der Waals surface area (Å²) in [6, 6.07) is 7.94. The van der Waals surface area contributed by atoms with Crippen LogP contribution < -0.4 is 14.4 Å². The lowest BCUT2D eigenvalue weighted by atomic mass is 10.1. The predicted molar refractivity (Wildman–Crippen MR) is 116 cm³/mol. The lowest BCUT2D eigenvalue weighted by Gasteiger charge is -2.31. The molecular formula is C20H25N3O6S. The number of amides is 1. The van der Waals surface area contributed by atoms with Crippen LogP contribution in [0.15, 0.2) is 36.4 Å². The number of nitro groups is 1. The first-order valence-electron chi connectivity index (χ1n) is 9.19. The Morgan fingerprint density at radius 3 is 2.40 bits per heavy atom. The maximum absolute atomic E-state index is 13.1. The van der Waals surface area contributed by atoms with Crippen molar-refractivity contribution < 1.29 is 22.9 Å². The first kappa shape index (κ1) is 23.1. The Balaban J connectivity index is 2.55. The molecule has 162 valence electrons. The lowest BCUT2D eigenvalue weighted by Crippen LogP contribution is -2.47. The molecule has 0 aromatic heterocycles. The normalized spacial score (nSPS) is 12.2. The monoisotopic (exact) mass is 435 g/mol. The van der Waals surface area contributed by atoms with E-state index in [1.807, 2.05) is 26.0 Å². The number of benzene rings is 2. The summed E-state index contributed by atoms with van der Waals surface area (Å²) in [7, 11) is -2.67. The van der Waals surface area contributed by atoms with Gasteiger partial charge in [-0.2, -0.15) is 0 Å². The Kier molecular flexibility index (Phi) is 7.04. The third kappa shape index (κ3) is 5.07. The topological polar surface area (TPSA) is 119 Å². The molecule has 0 saturated heterocycles. The molecule has 0 spiro atoms. The Morgan fingerprint density at radius 1 is 1.23 bits per heavy atom. The number of ether oxygens (including phenoxy) is 1. The van der Waals surface area contributed by atoms with E-state index < -0.39 is 26.9 Å². The number of carbonyl (C=O) groups excluding carboxylic acids is 1. The van der Waals surface area contributed by atoms with Crippen LogP contribution in [0.4, 0.5) is 17.1 Å². The van der Waals surface area contributed by atoms with Gasteiger partial charge in [0.05, 0.1) is 18.3 Å². The van der Waals surface area contributed by atoms with Gasteiger partial charge in [0.15, 0.2) is 0 Å². The van der Waals surface area contributed by atoms with Crippen molar-refractivity contribution >= 4 is 33.0 Å². The minimum atomic E-state index is -3.99. The number of nitrogens with one attached hydrogen (secondary N) is 1. The fourth-order valence-electron chi connectivity index (χ4n) is 3.17. The summed E-state index contributed by atoms with van der Waals surface area (Å²) in [4.78, 5) is 23.7. The second-order valence-corrected chi connectivity index (χ2v) is 8.76. The van der Waals surface area contributed by atoms with E-state index >= 15 is 0 Å². The second kappa shape index (κ2) is 9.12. The van der Waals surface area contributed by atoms with Gasteiger partial charge in [-0.3, -0.25) is 19.2 Å². The van der Waals surface area contributed by atoms with Crippen LogP contribution in [0.5, 0.6) is 5.75 Å². The van der Waals surface area contributed by atoms with Gasteiger partial charge in [-0.05, 0) is 38.0 Å². The Labute approximate surface area is 175 Å². The van der Waals surface area contributed by atoms with Gasteiger partial charge >= 0.3 is 0 Å². The highest BCUT2D eigenvalue weighted by Gasteiger charge is 2.34. The minimum Gasteiger partial charge on any atom is -0.495 e. The number of hydrogen-bond donors (Lipinski definition) is 1. The summed E-state index contributed by atoms with van der Waals surface area (Å²) in [5.74, 6) is -0.452. The van der Waals surface area contributed by atoms with Gasteiger partial charge in [0.1, 0.15) is 17.5 Å². The van der Waals surface area contributed by atoms with Crippen LogP contribution in [0.2, 0.25) is 0 Å². The number of nitrogens with zero attached hydrogens (tertiary/aromatic N) is 2. The third-order valence-corrected chi connectivity index (χ3v) is 5.75. The van der Waals surface area contributed by atoms with E-state index in [1.54, 1.807) is 13.0 Å². The van der Waals surface area contributed by atoms with E-state index in [0.717, 1.165) is 27.8 Å². The number of methoxy groups -OCH3 is 1. The van der Waals surface area contributed by atoms with Gasteiger partial charge in [0.25, 0.3) is 5.69 Å². The van der Waals surface area contributed by atoms with E-state index in [1.165, 1.54) is 19.2 Å².